The summed E-state index contributed by atoms with van der Waals surface area (Å²) >= 11 is 0. The van der Waals surface area contributed by atoms with Gasteiger partial charge in [-0.05, 0) is 18.6 Å². The summed E-state index contributed by atoms with van der Waals surface area (Å²) in [6.07, 6.45) is 0. The second kappa shape index (κ2) is 2.86. The van der Waals surface area contributed by atoms with Gasteiger partial charge in [-0.25, -0.2) is 0 Å². The fraction of sp³-hybridized carbons (Fsp3) is 0.429. The Morgan fingerprint density at radius 2 is 2.10 bits per heavy atom. The van der Waals surface area contributed by atoms with Crippen LogP contribution in [0, 0.1) is 6.92 Å². The average molecular weight is 142 g/mol. The highest BCUT2D eigenvalue weighted by atomic mass is 16.4. The molecule has 2 N–H and O–H groups in total. The van der Waals surface area contributed by atoms with Gasteiger partial charge in [0.25, 0.3) is 0 Å². The Kier molecular flexibility index (Phi) is 2.09. The Hall–Kier alpha value is -0.800. The zero-order valence-electron chi connectivity index (χ0n) is 5.79. The second-order valence-corrected chi connectivity index (χ2v) is 2.14. The van der Waals surface area contributed by atoms with E-state index in [2.05, 4.69) is 0 Å². The van der Waals surface area contributed by atoms with Gasteiger partial charge in [0, 0.05) is 0 Å². The highest BCUT2D eigenvalue weighted by Crippen LogP contribution is 2.13. The topological polar surface area (TPSA) is 53.6 Å². The molecule has 0 bridgehead atoms. The molecule has 0 saturated heterocycles. The molecule has 0 aliphatic heterocycles. The van der Waals surface area contributed by atoms with Gasteiger partial charge in [0.05, 0.1) is 0 Å². The van der Waals surface area contributed by atoms with Crippen LogP contribution in [0.2, 0.25) is 0 Å². The smallest absolute Gasteiger partial charge is 0.132 e. The maximum Gasteiger partial charge on any atom is 0.132 e. The van der Waals surface area contributed by atoms with Crippen molar-refractivity contribution < 1.29 is 14.6 Å². The summed E-state index contributed by atoms with van der Waals surface area (Å²) < 4.78 is 5.01. The molecule has 0 aliphatic carbocycles. The Bertz CT molecular complexity index is 215. The van der Waals surface area contributed by atoms with Crippen LogP contribution in [0.25, 0.3) is 0 Å². The quantitative estimate of drug-likeness (QED) is 0.634. The lowest BCUT2D eigenvalue weighted by molar-refractivity contribution is 0.215. The third kappa shape index (κ3) is 1.20. The molecular weight excluding hydrogens is 132 g/mol. The van der Waals surface area contributed by atoms with Crippen LogP contribution in [0.5, 0.6) is 0 Å². The molecule has 0 aliphatic rings. The van der Waals surface area contributed by atoms with E-state index in [1.807, 2.05) is 6.92 Å². The van der Waals surface area contributed by atoms with Crippen LogP contribution in [-0.2, 0) is 13.2 Å². The Balaban J connectivity index is 2.92. The van der Waals surface area contributed by atoms with Crippen molar-refractivity contribution in [3.63, 3.8) is 0 Å². The van der Waals surface area contributed by atoms with Crippen molar-refractivity contribution in [2.24, 2.45) is 0 Å². The fourth-order valence-corrected chi connectivity index (χ4v) is 0.825. The molecule has 0 aromatic carbocycles. The number of furan rings is 1. The first-order valence-electron chi connectivity index (χ1n) is 3.08. The predicted molar refractivity (Wildman–Crippen MR) is 35.3 cm³/mol. The van der Waals surface area contributed by atoms with E-state index in [-0.39, 0.29) is 13.2 Å². The number of hydrogen-bond donors (Lipinski definition) is 2. The summed E-state index contributed by atoms with van der Waals surface area (Å²) in [5.41, 5.74) is 0.881. The number of hydrogen-bond acceptors (Lipinski definition) is 3. The van der Waals surface area contributed by atoms with E-state index < -0.39 is 0 Å². The molecule has 0 atom stereocenters. The van der Waals surface area contributed by atoms with E-state index >= 15 is 0 Å². The van der Waals surface area contributed by atoms with Crippen LogP contribution >= 0.6 is 0 Å². The first-order valence-corrected chi connectivity index (χ1v) is 3.08. The van der Waals surface area contributed by atoms with Crippen molar-refractivity contribution in [1.29, 1.82) is 0 Å². The van der Waals surface area contributed by atoms with Gasteiger partial charge in [-0.1, -0.05) is 0 Å². The van der Waals surface area contributed by atoms with Gasteiger partial charge in [-0.3, -0.25) is 0 Å². The summed E-state index contributed by atoms with van der Waals surface area (Å²) in [5, 5.41) is 17.2. The van der Waals surface area contributed by atoms with Crippen molar-refractivity contribution >= 4 is 0 Å². The molecule has 3 nitrogen and oxygen atoms in total. The van der Waals surface area contributed by atoms with Crippen molar-refractivity contribution in [2.75, 3.05) is 0 Å². The third-order valence-electron chi connectivity index (χ3n) is 1.37. The summed E-state index contributed by atoms with van der Waals surface area (Å²) in [4.78, 5) is 0. The van der Waals surface area contributed by atoms with Crippen LogP contribution in [0.1, 0.15) is 17.1 Å². The van der Waals surface area contributed by atoms with E-state index in [4.69, 9.17) is 14.6 Å². The van der Waals surface area contributed by atoms with Gasteiger partial charge in [-0.2, -0.15) is 0 Å². The Labute approximate surface area is 58.9 Å². The largest absolute Gasteiger partial charge is 0.461 e. The fourth-order valence-electron chi connectivity index (χ4n) is 0.825. The molecule has 56 valence electrons. The van der Waals surface area contributed by atoms with Crippen LogP contribution in [0.15, 0.2) is 10.5 Å². The van der Waals surface area contributed by atoms with E-state index in [0.717, 1.165) is 5.56 Å². The lowest BCUT2D eigenvalue weighted by Crippen LogP contribution is -1.79. The lowest BCUT2D eigenvalue weighted by atomic mass is 10.3. The molecule has 0 saturated carbocycles. The summed E-state index contributed by atoms with van der Waals surface area (Å²) in [5.74, 6) is 1.03. The van der Waals surface area contributed by atoms with Crippen LogP contribution in [0.3, 0.4) is 0 Å². The van der Waals surface area contributed by atoms with Crippen LogP contribution in [0.4, 0.5) is 0 Å². The predicted octanol–water partition coefficient (Wildman–Crippen LogP) is 0.573. The molecule has 0 amide bonds. The van der Waals surface area contributed by atoms with Crippen molar-refractivity contribution in [1.82, 2.24) is 0 Å². The van der Waals surface area contributed by atoms with Crippen LogP contribution < -0.4 is 0 Å². The van der Waals surface area contributed by atoms with E-state index in [0.29, 0.717) is 11.5 Å². The molecule has 3 heteroatoms. The maximum absolute atomic E-state index is 8.65. The summed E-state index contributed by atoms with van der Waals surface area (Å²) in [6, 6.07) is 1.71. The molecule has 0 fully saturated rings. The summed E-state index contributed by atoms with van der Waals surface area (Å²) in [7, 11) is 0. The second-order valence-electron chi connectivity index (χ2n) is 2.14. The van der Waals surface area contributed by atoms with Crippen molar-refractivity contribution in [2.45, 2.75) is 20.1 Å². The Morgan fingerprint density at radius 3 is 2.40 bits per heavy atom. The van der Waals surface area contributed by atoms with Gasteiger partial charge in [-0.15, -0.1) is 0 Å². The molecule has 1 heterocycles. The van der Waals surface area contributed by atoms with Crippen molar-refractivity contribution in [3.8, 4) is 0 Å². The minimum absolute atomic E-state index is 0.105. The van der Waals surface area contributed by atoms with Crippen LogP contribution in [-0.4, -0.2) is 10.2 Å². The van der Waals surface area contributed by atoms with Gasteiger partial charge in [0.2, 0.25) is 0 Å². The van der Waals surface area contributed by atoms with Gasteiger partial charge in [0.15, 0.2) is 0 Å². The average Bonchev–Trinajstić information content (AvgIpc) is 2.30. The normalized spacial score (nSPS) is 10.3. The number of aryl methyl sites for hydroxylation is 1. The summed E-state index contributed by atoms with van der Waals surface area (Å²) in [6.45, 7) is 1.61. The molecule has 10 heavy (non-hydrogen) atoms. The zero-order chi connectivity index (χ0) is 7.56. The lowest BCUT2D eigenvalue weighted by Gasteiger charge is -1.88. The highest BCUT2D eigenvalue weighted by Gasteiger charge is 2.03. The number of aliphatic hydroxyl groups excluding tert-OH is 2. The third-order valence-corrected chi connectivity index (χ3v) is 1.37. The Morgan fingerprint density at radius 1 is 1.40 bits per heavy atom. The van der Waals surface area contributed by atoms with E-state index in [1.165, 1.54) is 0 Å². The highest BCUT2D eigenvalue weighted by molar-refractivity contribution is 5.18. The van der Waals surface area contributed by atoms with E-state index in [1.54, 1.807) is 6.07 Å². The maximum atomic E-state index is 8.65. The minimum Gasteiger partial charge on any atom is -0.461 e. The first-order chi connectivity index (χ1) is 4.77. The van der Waals surface area contributed by atoms with Gasteiger partial charge >= 0.3 is 0 Å². The molecule has 1 aromatic rings. The molecule has 0 spiro atoms. The number of rotatable bonds is 2. The van der Waals surface area contributed by atoms with Gasteiger partial charge < -0.3 is 14.6 Å². The van der Waals surface area contributed by atoms with Crippen molar-refractivity contribution in [3.05, 3.63) is 23.2 Å². The monoisotopic (exact) mass is 142 g/mol. The molecule has 1 rings (SSSR count). The SMILES string of the molecule is Cc1cc(CO)oc1CO. The van der Waals surface area contributed by atoms with E-state index in [9.17, 15) is 0 Å². The molecule has 0 radical (unpaired) electrons. The standard InChI is InChI=1S/C7H10O3/c1-5-2-6(3-8)10-7(5)4-9/h2,8-9H,3-4H2,1H3. The molecule has 0 unspecified atom stereocenters. The first kappa shape index (κ1) is 7.31. The van der Waals surface area contributed by atoms with Gasteiger partial charge in [0.1, 0.15) is 24.7 Å². The molecular formula is C7H10O3. The molecule has 1 aromatic heterocycles. The number of aliphatic hydroxyl groups is 2. The minimum atomic E-state index is -0.110. The zero-order valence-corrected chi connectivity index (χ0v) is 5.79.